The molecule has 27 heavy (non-hydrogen) atoms. The fourth-order valence-corrected chi connectivity index (χ4v) is 4.17. The third kappa shape index (κ3) is 3.75. The van der Waals surface area contributed by atoms with Gasteiger partial charge in [0.1, 0.15) is 5.52 Å². The van der Waals surface area contributed by atoms with Gasteiger partial charge in [-0.1, -0.05) is 18.8 Å². The number of nitrogen functional groups attached to an aromatic ring is 1. The Hall–Kier alpha value is -2.62. The summed E-state index contributed by atoms with van der Waals surface area (Å²) >= 11 is 0. The molecule has 1 saturated carbocycles. The average molecular weight is 366 g/mol. The molecule has 7 heteroatoms. The van der Waals surface area contributed by atoms with E-state index in [9.17, 15) is 4.79 Å². The summed E-state index contributed by atoms with van der Waals surface area (Å²) in [5.74, 6) is 7.88. The van der Waals surface area contributed by atoms with Crippen LogP contribution in [0.2, 0.25) is 0 Å². The first-order valence-electron chi connectivity index (χ1n) is 9.86. The standard InChI is InChI=1S/C20H26N6O/c1-14(27)25-11-9-15(10-12-25)5-4-8-17-23-19(21)18-20(24-17)26(13-22-18)16-6-2-3-7-16/h13,15-16H,2-3,5-7,9-12H2,1H3,(H2,21,23,24). The van der Waals surface area contributed by atoms with Crippen molar-refractivity contribution in [2.24, 2.45) is 5.92 Å². The van der Waals surface area contributed by atoms with Crippen molar-refractivity contribution in [1.29, 1.82) is 0 Å². The van der Waals surface area contributed by atoms with Gasteiger partial charge >= 0.3 is 0 Å². The molecule has 2 aliphatic rings. The smallest absolute Gasteiger partial charge is 0.219 e. The topological polar surface area (TPSA) is 89.9 Å². The Kier molecular flexibility index (Phi) is 4.97. The van der Waals surface area contributed by atoms with Crippen molar-refractivity contribution in [2.45, 2.75) is 57.9 Å². The number of imidazole rings is 1. The first-order valence-corrected chi connectivity index (χ1v) is 9.86. The Morgan fingerprint density at radius 2 is 1.96 bits per heavy atom. The molecule has 7 nitrogen and oxygen atoms in total. The summed E-state index contributed by atoms with van der Waals surface area (Å²) in [4.78, 5) is 26.7. The van der Waals surface area contributed by atoms with E-state index in [0.717, 1.165) is 50.8 Å². The van der Waals surface area contributed by atoms with E-state index in [1.54, 1.807) is 6.92 Å². The van der Waals surface area contributed by atoms with Crippen molar-refractivity contribution in [3.8, 4) is 11.8 Å². The summed E-state index contributed by atoms with van der Waals surface area (Å²) in [5, 5.41) is 0. The van der Waals surface area contributed by atoms with Crippen LogP contribution in [0.1, 0.15) is 63.7 Å². The highest BCUT2D eigenvalue weighted by Gasteiger charge is 2.21. The van der Waals surface area contributed by atoms with Crippen LogP contribution in [-0.4, -0.2) is 43.4 Å². The van der Waals surface area contributed by atoms with E-state index in [2.05, 4.69) is 31.4 Å². The van der Waals surface area contributed by atoms with Gasteiger partial charge in [0.05, 0.1) is 6.33 Å². The second-order valence-corrected chi connectivity index (χ2v) is 7.65. The maximum atomic E-state index is 11.4. The van der Waals surface area contributed by atoms with Gasteiger partial charge in [0.15, 0.2) is 11.5 Å². The first kappa shape index (κ1) is 17.8. The van der Waals surface area contributed by atoms with Crippen LogP contribution in [0.3, 0.4) is 0 Å². The molecule has 0 aromatic carbocycles. The van der Waals surface area contributed by atoms with Crippen LogP contribution in [0.5, 0.6) is 0 Å². The number of likely N-dealkylation sites (tertiary alicyclic amines) is 1. The van der Waals surface area contributed by atoms with Gasteiger partial charge in [0.25, 0.3) is 0 Å². The summed E-state index contributed by atoms with van der Waals surface area (Å²) in [6, 6.07) is 0.455. The largest absolute Gasteiger partial charge is 0.382 e. The number of nitrogens with two attached hydrogens (primary N) is 1. The quantitative estimate of drug-likeness (QED) is 0.825. The second kappa shape index (κ2) is 7.55. The average Bonchev–Trinajstić information content (AvgIpc) is 3.31. The Morgan fingerprint density at radius 3 is 2.67 bits per heavy atom. The van der Waals surface area contributed by atoms with E-state index in [4.69, 9.17) is 5.73 Å². The van der Waals surface area contributed by atoms with E-state index in [-0.39, 0.29) is 5.91 Å². The number of nitrogens with zero attached hydrogens (tertiary/aromatic N) is 5. The molecule has 2 N–H and O–H groups in total. The zero-order valence-electron chi connectivity index (χ0n) is 15.8. The van der Waals surface area contributed by atoms with E-state index in [0.29, 0.717) is 29.1 Å². The van der Waals surface area contributed by atoms with Crippen molar-refractivity contribution in [3.05, 3.63) is 12.2 Å². The molecule has 0 bridgehead atoms. The molecular weight excluding hydrogens is 340 g/mol. The van der Waals surface area contributed by atoms with Crippen LogP contribution < -0.4 is 5.73 Å². The normalized spacial score (nSPS) is 18.6. The Balaban J connectivity index is 1.47. The Labute approximate surface area is 159 Å². The minimum atomic E-state index is 0.163. The third-order valence-corrected chi connectivity index (χ3v) is 5.82. The fourth-order valence-electron chi connectivity index (χ4n) is 4.17. The number of piperidine rings is 1. The minimum Gasteiger partial charge on any atom is -0.382 e. The summed E-state index contributed by atoms with van der Waals surface area (Å²) in [5.41, 5.74) is 7.56. The zero-order valence-corrected chi connectivity index (χ0v) is 15.8. The molecule has 0 unspecified atom stereocenters. The predicted molar refractivity (Wildman–Crippen MR) is 104 cm³/mol. The molecule has 0 atom stereocenters. The van der Waals surface area contributed by atoms with Crippen LogP contribution in [0.4, 0.5) is 5.82 Å². The summed E-state index contributed by atoms with van der Waals surface area (Å²) in [6.07, 6.45) is 9.47. The first-order chi connectivity index (χ1) is 13.1. The molecule has 0 radical (unpaired) electrons. The van der Waals surface area contributed by atoms with E-state index in [1.165, 1.54) is 12.8 Å². The van der Waals surface area contributed by atoms with Gasteiger partial charge in [-0.2, -0.15) is 0 Å². The SMILES string of the molecule is CC(=O)N1CCC(CC#Cc2nc(N)c3ncn(C4CCCC4)c3n2)CC1. The molecule has 2 aromatic rings. The molecule has 3 heterocycles. The van der Waals surface area contributed by atoms with Crippen LogP contribution in [-0.2, 0) is 4.79 Å². The number of amides is 1. The minimum absolute atomic E-state index is 0.163. The van der Waals surface area contributed by atoms with Gasteiger partial charge in [-0.3, -0.25) is 4.79 Å². The number of carbonyl (C=O) groups excluding carboxylic acids is 1. The number of aromatic nitrogens is 4. The third-order valence-electron chi connectivity index (χ3n) is 5.82. The van der Waals surface area contributed by atoms with Gasteiger partial charge in [-0.25, -0.2) is 15.0 Å². The van der Waals surface area contributed by atoms with E-state index >= 15 is 0 Å². The number of hydrogen-bond donors (Lipinski definition) is 1. The molecule has 1 amide bonds. The maximum Gasteiger partial charge on any atom is 0.219 e. The maximum absolute atomic E-state index is 11.4. The van der Waals surface area contributed by atoms with Gasteiger partial charge in [-0.05, 0) is 37.5 Å². The zero-order chi connectivity index (χ0) is 18.8. The fraction of sp³-hybridized carbons (Fsp3) is 0.600. The van der Waals surface area contributed by atoms with Gasteiger partial charge in [0.2, 0.25) is 11.7 Å². The molecule has 4 rings (SSSR count). The number of anilines is 1. The Bertz CT molecular complexity index is 894. The lowest BCUT2D eigenvalue weighted by Crippen LogP contribution is -2.36. The molecule has 1 saturated heterocycles. The highest BCUT2D eigenvalue weighted by molar-refractivity contribution is 5.82. The lowest BCUT2D eigenvalue weighted by atomic mass is 9.94. The lowest BCUT2D eigenvalue weighted by Gasteiger charge is -2.30. The molecule has 2 aromatic heterocycles. The summed E-state index contributed by atoms with van der Waals surface area (Å²) in [7, 11) is 0. The van der Waals surface area contributed by atoms with Crippen LogP contribution >= 0.6 is 0 Å². The molecule has 142 valence electrons. The van der Waals surface area contributed by atoms with E-state index < -0.39 is 0 Å². The highest BCUT2D eigenvalue weighted by Crippen LogP contribution is 2.32. The summed E-state index contributed by atoms with van der Waals surface area (Å²) in [6.45, 7) is 3.30. The number of carbonyl (C=O) groups is 1. The molecule has 1 aliphatic heterocycles. The van der Waals surface area contributed by atoms with Gasteiger partial charge in [-0.15, -0.1) is 0 Å². The van der Waals surface area contributed by atoms with Crippen molar-refractivity contribution in [3.63, 3.8) is 0 Å². The van der Waals surface area contributed by atoms with Crippen molar-refractivity contribution >= 4 is 22.9 Å². The summed E-state index contributed by atoms with van der Waals surface area (Å²) < 4.78 is 2.14. The molecule has 2 fully saturated rings. The monoisotopic (exact) mass is 366 g/mol. The second-order valence-electron chi connectivity index (χ2n) is 7.65. The van der Waals surface area contributed by atoms with Crippen molar-refractivity contribution in [1.82, 2.24) is 24.4 Å². The number of rotatable bonds is 2. The molecule has 0 spiro atoms. The van der Waals surface area contributed by atoms with Crippen molar-refractivity contribution in [2.75, 3.05) is 18.8 Å². The van der Waals surface area contributed by atoms with Crippen LogP contribution in [0.25, 0.3) is 11.2 Å². The Morgan fingerprint density at radius 1 is 1.22 bits per heavy atom. The molecular formula is C20H26N6O. The van der Waals surface area contributed by atoms with E-state index in [1.807, 2.05) is 11.2 Å². The van der Waals surface area contributed by atoms with Gasteiger partial charge in [0, 0.05) is 32.5 Å². The van der Waals surface area contributed by atoms with Gasteiger partial charge < -0.3 is 15.2 Å². The number of hydrogen-bond acceptors (Lipinski definition) is 5. The highest BCUT2D eigenvalue weighted by atomic mass is 16.2. The van der Waals surface area contributed by atoms with Crippen molar-refractivity contribution < 1.29 is 4.79 Å². The van der Waals surface area contributed by atoms with Crippen LogP contribution in [0, 0.1) is 17.8 Å². The molecule has 1 aliphatic carbocycles. The number of fused-ring (bicyclic) bond motifs is 1. The lowest BCUT2D eigenvalue weighted by molar-refractivity contribution is -0.130. The predicted octanol–water partition coefficient (Wildman–Crippen LogP) is 2.52. The van der Waals surface area contributed by atoms with Crippen LogP contribution in [0.15, 0.2) is 6.33 Å².